The van der Waals surface area contributed by atoms with Gasteiger partial charge in [0.15, 0.2) is 0 Å². The lowest BCUT2D eigenvalue weighted by Crippen LogP contribution is -2.51. The molecule has 1 aliphatic heterocycles. The number of aliphatic carboxylic acids is 1. The van der Waals surface area contributed by atoms with E-state index in [1.807, 2.05) is 19.9 Å². The number of rotatable bonds is 15. The SMILES string of the molecule is CCCCC12OC(C)(CCCC(C)(O)CCCC(C)=CCCC(C)C(=O)O)CCC1=CC(O)C(C)=C2C. The fourth-order valence-corrected chi connectivity index (χ4v) is 6.05. The lowest BCUT2D eigenvalue weighted by atomic mass is 9.69. The smallest absolute Gasteiger partial charge is 0.306 e. The third-order valence-corrected chi connectivity index (χ3v) is 8.97. The second kappa shape index (κ2) is 13.6. The van der Waals surface area contributed by atoms with Crippen molar-refractivity contribution in [2.24, 2.45) is 5.92 Å². The molecule has 2 aliphatic rings. The molecule has 1 fully saturated rings. The van der Waals surface area contributed by atoms with Gasteiger partial charge >= 0.3 is 5.97 Å². The summed E-state index contributed by atoms with van der Waals surface area (Å²) in [4.78, 5) is 11.0. The van der Waals surface area contributed by atoms with Gasteiger partial charge in [-0.1, -0.05) is 38.3 Å². The second-order valence-corrected chi connectivity index (χ2v) is 12.5. The molecule has 0 aromatic heterocycles. The van der Waals surface area contributed by atoms with Gasteiger partial charge in [0.2, 0.25) is 0 Å². The van der Waals surface area contributed by atoms with Crippen LogP contribution in [0.5, 0.6) is 0 Å². The molecule has 37 heavy (non-hydrogen) atoms. The molecule has 0 aromatic carbocycles. The summed E-state index contributed by atoms with van der Waals surface area (Å²) in [6.07, 6.45) is 15.4. The molecule has 212 valence electrons. The van der Waals surface area contributed by atoms with Crippen molar-refractivity contribution in [2.75, 3.05) is 0 Å². The summed E-state index contributed by atoms with van der Waals surface area (Å²) in [6.45, 7) is 14.4. The van der Waals surface area contributed by atoms with Crippen molar-refractivity contribution in [3.05, 3.63) is 34.4 Å². The van der Waals surface area contributed by atoms with E-state index in [1.54, 1.807) is 6.92 Å². The van der Waals surface area contributed by atoms with Crippen LogP contribution in [0.15, 0.2) is 34.4 Å². The Morgan fingerprint density at radius 2 is 1.92 bits per heavy atom. The molecular weight excluding hydrogens is 464 g/mol. The highest BCUT2D eigenvalue weighted by molar-refractivity contribution is 5.69. The number of hydrogen-bond acceptors (Lipinski definition) is 4. The van der Waals surface area contributed by atoms with Crippen LogP contribution in [0.1, 0.15) is 132 Å². The van der Waals surface area contributed by atoms with E-state index in [0.717, 1.165) is 82.6 Å². The van der Waals surface area contributed by atoms with Gasteiger partial charge in [-0.3, -0.25) is 4.79 Å². The minimum absolute atomic E-state index is 0.239. The maximum atomic E-state index is 11.0. The molecule has 5 unspecified atom stereocenters. The molecule has 2 rings (SSSR count). The van der Waals surface area contributed by atoms with Gasteiger partial charge in [0.25, 0.3) is 0 Å². The average molecular weight is 519 g/mol. The van der Waals surface area contributed by atoms with E-state index in [-0.39, 0.29) is 17.1 Å². The summed E-state index contributed by atoms with van der Waals surface area (Å²) in [5.41, 5.74) is 3.40. The van der Waals surface area contributed by atoms with Gasteiger partial charge in [-0.2, -0.15) is 0 Å². The Kier molecular flexibility index (Phi) is 11.7. The quantitative estimate of drug-likeness (QED) is 0.194. The molecule has 5 atom stereocenters. The van der Waals surface area contributed by atoms with Gasteiger partial charge in [0.1, 0.15) is 5.60 Å². The number of ether oxygens (including phenoxy) is 1. The number of aliphatic hydroxyl groups excluding tert-OH is 1. The summed E-state index contributed by atoms with van der Waals surface area (Å²) in [7, 11) is 0. The topological polar surface area (TPSA) is 87.0 Å². The average Bonchev–Trinajstić information content (AvgIpc) is 2.82. The molecule has 1 aliphatic carbocycles. The number of carbonyl (C=O) groups is 1. The van der Waals surface area contributed by atoms with Gasteiger partial charge in [0, 0.05) is 0 Å². The molecule has 5 nitrogen and oxygen atoms in total. The van der Waals surface area contributed by atoms with Crippen molar-refractivity contribution < 1.29 is 24.9 Å². The van der Waals surface area contributed by atoms with Gasteiger partial charge in [-0.05, 0) is 128 Å². The van der Waals surface area contributed by atoms with Crippen molar-refractivity contribution in [3.63, 3.8) is 0 Å². The first-order valence-electron chi connectivity index (χ1n) is 14.6. The minimum Gasteiger partial charge on any atom is -0.481 e. The van der Waals surface area contributed by atoms with Crippen LogP contribution in [-0.2, 0) is 9.53 Å². The summed E-state index contributed by atoms with van der Waals surface area (Å²) in [5.74, 6) is -1.04. The van der Waals surface area contributed by atoms with E-state index in [9.17, 15) is 15.0 Å². The lowest BCUT2D eigenvalue weighted by Gasteiger charge is -2.52. The zero-order valence-electron chi connectivity index (χ0n) is 24.7. The highest BCUT2D eigenvalue weighted by Crippen LogP contribution is 2.51. The van der Waals surface area contributed by atoms with E-state index in [0.29, 0.717) is 6.42 Å². The zero-order valence-corrected chi connectivity index (χ0v) is 24.7. The number of carboxylic acid groups (broad SMARTS) is 1. The maximum Gasteiger partial charge on any atom is 0.306 e. The zero-order chi connectivity index (χ0) is 27.9. The normalized spacial score (nSPS) is 28.9. The Labute approximate surface area is 226 Å². The monoisotopic (exact) mass is 518 g/mol. The van der Waals surface area contributed by atoms with E-state index >= 15 is 0 Å². The third-order valence-electron chi connectivity index (χ3n) is 8.97. The van der Waals surface area contributed by atoms with E-state index < -0.39 is 17.7 Å². The number of hydrogen-bond donors (Lipinski definition) is 3. The van der Waals surface area contributed by atoms with Crippen molar-refractivity contribution in [3.8, 4) is 0 Å². The highest BCUT2D eigenvalue weighted by atomic mass is 16.5. The Hall–Kier alpha value is -1.43. The Balaban J connectivity index is 1.88. The number of aliphatic hydroxyl groups is 2. The third kappa shape index (κ3) is 8.80. The molecule has 5 heteroatoms. The molecule has 3 N–H and O–H groups in total. The van der Waals surface area contributed by atoms with Crippen LogP contribution >= 0.6 is 0 Å². The van der Waals surface area contributed by atoms with Gasteiger partial charge < -0.3 is 20.1 Å². The van der Waals surface area contributed by atoms with Gasteiger partial charge in [-0.25, -0.2) is 0 Å². The first-order chi connectivity index (χ1) is 17.3. The van der Waals surface area contributed by atoms with Crippen molar-refractivity contribution in [1.29, 1.82) is 0 Å². The van der Waals surface area contributed by atoms with E-state index in [1.165, 1.54) is 16.7 Å². The van der Waals surface area contributed by atoms with Crippen molar-refractivity contribution in [1.82, 2.24) is 0 Å². The summed E-state index contributed by atoms with van der Waals surface area (Å²) in [5, 5.41) is 30.6. The van der Waals surface area contributed by atoms with E-state index in [2.05, 4.69) is 33.8 Å². The molecule has 0 amide bonds. The van der Waals surface area contributed by atoms with E-state index in [4.69, 9.17) is 9.84 Å². The maximum absolute atomic E-state index is 11.0. The van der Waals surface area contributed by atoms with Crippen LogP contribution in [0.4, 0.5) is 0 Å². The number of unbranched alkanes of at least 4 members (excludes halogenated alkanes) is 1. The summed E-state index contributed by atoms with van der Waals surface area (Å²) >= 11 is 0. The first kappa shape index (κ1) is 31.8. The van der Waals surface area contributed by atoms with Crippen LogP contribution < -0.4 is 0 Å². The lowest BCUT2D eigenvalue weighted by molar-refractivity contribution is -0.147. The molecule has 0 spiro atoms. The molecule has 1 heterocycles. The Bertz CT molecular complexity index is 866. The van der Waals surface area contributed by atoms with Crippen LogP contribution in [0.3, 0.4) is 0 Å². The van der Waals surface area contributed by atoms with Crippen LogP contribution in [0.25, 0.3) is 0 Å². The first-order valence-corrected chi connectivity index (χ1v) is 14.6. The predicted molar refractivity (Wildman–Crippen MR) is 152 cm³/mol. The Morgan fingerprint density at radius 3 is 2.57 bits per heavy atom. The highest BCUT2D eigenvalue weighted by Gasteiger charge is 2.49. The fourth-order valence-electron chi connectivity index (χ4n) is 6.05. The molecule has 0 bridgehead atoms. The van der Waals surface area contributed by atoms with Crippen LogP contribution in [0.2, 0.25) is 0 Å². The van der Waals surface area contributed by atoms with Crippen LogP contribution in [-0.4, -0.2) is 44.2 Å². The molecule has 1 saturated heterocycles. The predicted octanol–water partition coefficient (Wildman–Crippen LogP) is 7.66. The van der Waals surface area contributed by atoms with Gasteiger partial charge in [0.05, 0.1) is 23.2 Å². The number of allylic oxidation sites excluding steroid dienone is 2. The summed E-state index contributed by atoms with van der Waals surface area (Å²) in [6, 6.07) is 0. The number of carboxylic acids is 1. The standard InChI is InChI=1S/C32H54O5/c1-8-9-20-32-26(5)25(4)28(33)22-27(32)16-21-31(7,37-32)19-12-18-30(6,36)17-11-14-23(2)13-10-15-24(3)29(34)35/h13,22,24,28,33,36H,8-12,14-21H2,1-7H3,(H,34,35). The van der Waals surface area contributed by atoms with Crippen molar-refractivity contribution >= 4 is 5.97 Å². The second-order valence-electron chi connectivity index (χ2n) is 12.5. The largest absolute Gasteiger partial charge is 0.481 e. The summed E-state index contributed by atoms with van der Waals surface area (Å²) < 4.78 is 7.03. The van der Waals surface area contributed by atoms with Crippen molar-refractivity contribution in [2.45, 2.75) is 155 Å². The fraction of sp³-hybridized carbons (Fsp3) is 0.781. The van der Waals surface area contributed by atoms with Crippen LogP contribution in [0, 0.1) is 5.92 Å². The molecule has 0 radical (unpaired) electrons. The molecule has 0 aromatic rings. The minimum atomic E-state index is -0.734. The molecular formula is C32H54O5. The van der Waals surface area contributed by atoms with Gasteiger partial charge in [-0.15, -0.1) is 0 Å². The molecule has 0 saturated carbocycles. The Morgan fingerprint density at radius 1 is 1.24 bits per heavy atom. The number of fused-ring (bicyclic) bond motifs is 1.